The molecule has 176 valence electrons. The Kier molecular flexibility index (Phi) is 9.75. The molecule has 1 heterocycles. The quantitative estimate of drug-likeness (QED) is 0.212. The van der Waals surface area contributed by atoms with E-state index in [0.717, 1.165) is 18.2 Å². The van der Waals surface area contributed by atoms with Gasteiger partial charge in [0.2, 0.25) is 0 Å². The van der Waals surface area contributed by atoms with Crippen molar-refractivity contribution in [1.82, 2.24) is 14.8 Å². The van der Waals surface area contributed by atoms with E-state index in [1.807, 2.05) is 31.2 Å². The molecule has 0 aliphatic carbocycles. The Morgan fingerprint density at radius 2 is 1.82 bits per heavy atom. The van der Waals surface area contributed by atoms with Crippen molar-refractivity contribution in [2.45, 2.75) is 26.7 Å². The van der Waals surface area contributed by atoms with Crippen LogP contribution in [0.25, 0.3) is 11.5 Å². The van der Waals surface area contributed by atoms with Gasteiger partial charge in [-0.2, -0.15) is 5.10 Å². The number of benzene rings is 2. The molecule has 0 bridgehead atoms. The van der Waals surface area contributed by atoms with Gasteiger partial charge in [-0.05, 0) is 51.0 Å². The fourth-order valence-corrected chi connectivity index (χ4v) is 2.74. The first-order valence-corrected chi connectivity index (χ1v) is 9.94. The first-order valence-electron chi connectivity index (χ1n) is 9.94. The van der Waals surface area contributed by atoms with E-state index >= 15 is 0 Å². The summed E-state index contributed by atoms with van der Waals surface area (Å²) in [6.45, 7) is 4.68. The van der Waals surface area contributed by atoms with Crippen molar-refractivity contribution in [2.24, 2.45) is 0 Å². The lowest BCUT2D eigenvalue weighted by atomic mass is 10.1. The van der Waals surface area contributed by atoms with Crippen molar-refractivity contribution in [3.05, 3.63) is 88.0 Å². The second-order valence-corrected chi connectivity index (χ2v) is 6.83. The zero-order valence-electron chi connectivity index (χ0n) is 18.1. The largest absolute Gasteiger partial charge is 0.494 e. The Morgan fingerprint density at radius 1 is 1.15 bits per heavy atom. The van der Waals surface area contributed by atoms with Crippen LogP contribution in [0.1, 0.15) is 30.9 Å². The number of rotatable bonds is 9. The van der Waals surface area contributed by atoms with Crippen molar-refractivity contribution in [2.75, 3.05) is 13.2 Å². The van der Waals surface area contributed by atoms with E-state index in [4.69, 9.17) is 24.8 Å². The van der Waals surface area contributed by atoms with E-state index in [-0.39, 0.29) is 5.56 Å². The third-order valence-electron chi connectivity index (χ3n) is 4.34. The van der Waals surface area contributed by atoms with E-state index in [9.17, 15) is 8.78 Å². The van der Waals surface area contributed by atoms with Gasteiger partial charge in [-0.15, -0.1) is 10.1 Å². The Balaban J connectivity index is 0.000000890. The minimum Gasteiger partial charge on any atom is -0.494 e. The molecule has 0 saturated heterocycles. The molecule has 0 atom stereocenters. The molecule has 2 aromatic carbocycles. The molecule has 3 aromatic rings. The van der Waals surface area contributed by atoms with Crippen LogP contribution >= 0.6 is 0 Å². The average molecular weight is 462 g/mol. The maximum absolute atomic E-state index is 14.3. The highest BCUT2D eigenvalue weighted by Crippen LogP contribution is 2.26. The van der Waals surface area contributed by atoms with Crippen molar-refractivity contribution in [3.8, 4) is 5.75 Å². The minimum atomic E-state index is -1.50. The van der Waals surface area contributed by atoms with Gasteiger partial charge < -0.3 is 14.7 Å². The summed E-state index contributed by atoms with van der Waals surface area (Å²) >= 11 is 0. The van der Waals surface area contributed by atoms with E-state index < -0.39 is 16.7 Å². The predicted molar refractivity (Wildman–Crippen MR) is 116 cm³/mol. The van der Waals surface area contributed by atoms with Gasteiger partial charge >= 0.3 is 0 Å². The number of nitrogens with zero attached hydrogens (tertiary/aromatic N) is 4. The van der Waals surface area contributed by atoms with Crippen LogP contribution in [-0.4, -0.2) is 38.3 Å². The molecule has 0 aliphatic rings. The molecule has 0 radical (unpaired) electrons. The van der Waals surface area contributed by atoms with Gasteiger partial charge in [0.05, 0.1) is 24.5 Å². The molecule has 1 N–H and O–H groups in total. The molecular weight excluding hydrogens is 438 g/mol. The Labute approximate surface area is 189 Å². The summed E-state index contributed by atoms with van der Waals surface area (Å²) < 4.78 is 40.7. The summed E-state index contributed by atoms with van der Waals surface area (Å²) in [5, 5.41) is 17.7. The molecule has 0 aliphatic heterocycles. The maximum Gasteiger partial charge on any atom is 0.291 e. The highest BCUT2D eigenvalue weighted by molar-refractivity contribution is 5.77. The number of allylic oxidation sites excluding steroid dienone is 1. The fraction of sp³-hybridized carbons (Fsp3) is 0.273. The van der Waals surface area contributed by atoms with E-state index in [1.165, 1.54) is 35.0 Å². The lowest BCUT2D eigenvalue weighted by molar-refractivity contribution is -0.742. The summed E-state index contributed by atoms with van der Waals surface area (Å²) in [6, 6.07) is 11.3. The minimum absolute atomic E-state index is 0.176. The summed E-state index contributed by atoms with van der Waals surface area (Å²) in [5.74, 6) is -0.209. The maximum atomic E-state index is 14.3. The average Bonchev–Trinajstić information content (AvgIpc) is 3.29. The SMILES string of the molecule is C/C(=C(/OCCCCOc1ccc(C)cc1)c1ccc(F)cc1F)n1cncn1.O=[N+]([O-])O. The number of halogens is 2. The second kappa shape index (κ2) is 12.7. The highest BCUT2D eigenvalue weighted by atomic mass is 19.1. The number of aromatic nitrogens is 3. The normalized spacial score (nSPS) is 11.2. The molecule has 0 amide bonds. The number of ether oxygens (including phenoxy) is 2. The summed E-state index contributed by atoms with van der Waals surface area (Å²) in [4.78, 5) is 12.3. The number of hydrogen-bond acceptors (Lipinski definition) is 6. The number of aryl methyl sites for hydroxylation is 1. The molecule has 3 rings (SSSR count). The van der Waals surface area contributed by atoms with E-state index in [2.05, 4.69) is 10.1 Å². The molecule has 0 fully saturated rings. The zero-order chi connectivity index (χ0) is 24.2. The highest BCUT2D eigenvalue weighted by Gasteiger charge is 2.15. The molecule has 11 heteroatoms. The Morgan fingerprint density at radius 3 is 2.42 bits per heavy atom. The first kappa shape index (κ1) is 25.2. The van der Waals surface area contributed by atoms with Crippen molar-refractivity contribution in [1.29, 1.82) is 0 Å². The first-order chi connectivity index (χ1) is 15.8. The zero-order valence-corrected chi connectivity index (χ0v) is 18.1. The molecule has 0 unspecified atom stereocenters. The summed E-state index contributed by atoms with van der Waals surface area (Å²) in [6.07, 6.45) is 4.36. The summed E-state index contributed by atoms with van der Waals surface area (Å²) in [7, 11) is 0. The summed E-state index contributed by atoms with van der Waals surface area (Å²) in [5.41, 5.74) is 1.92. The number of unbranched alkanes of at least 4 members (excludes halogenated alkanes) is 1. The van der Waals surface area contributed by atoms with E-state index in [0.29, 0.717) is 31.1 Å². The van der Waals surface area contributed by atoms with Crippen LogP contribution in [0.3, 0.4) is 0 Å². The van der Waals surface area contributed by atoms with Crippen LogP contribution in [0.2, 0.25) is 0 Å². The molecule has 1 aromatic heterocycles. The smallest absolute Gasteiger partial charge is 0.291 e. The van der Waals surface area contributed by atoms with Gasteiger partial charge in [0.25, 0.3) is 5.09 Å². The Bertz CT molecular complexity index is 1050. The van der Waals surface area contributed by atoms with E-state index in [1.54, 1.807) is 6.92 Å². The van der Waals surface area contributed by atoms with Gasteiger partial charge in [0.1, 0.15) is 30.0 Å². The lowest BCUT2D eigenvalue weighted by Crippen LogP contribution is -2.06. The third-order valence-corrected chi connectivity index (χ3v) is 4.34. The third kappa shape index (κ3) is 8.56. The lowest BCUT2D eigenvalue weighted by Gasteiger charge is -2.15. The number of hydrogen-bond donors (Lipinski definition) is 1. The van der Waals surface area contributed by atoms with Crippen molar-refractivity contribution >= 4 is 11.5 Å². The molecule has 0 spiro atoms. The monoisotopic (exact) mass is 462 g/mol. The standard InChI is InChI=1S/C22H23F2N3O2.HNO3/c1-16-5-8-19(9-6-16)28-11-3-4-12-29-22(17(2)27-15-25-14-26-27)20-10-7-18(23)13-21(20)24;2-1(3)4/h5-10,13-15H,3-4,11-12H2,1-2H3;(H,2,3,4)/b22-17-;. The van der Waals surface area contributed by atoms with Crippen LogP contribution < -0.4 is 4.74 Å². The molecule has 33 heavy (non-hydrogen) atoms. The van der Waals surface area contributed by atoms with Crippen molar-refractivity contribution < 1.29 is 28.5 Å². The Hall–Kier alpha value is -4.02. The van der Waals surface area contributed by atoms with Crippen LogP contribution in [0, 0.1) is 28.7 Å². The molecular formula is C22H24F2N4O5. The van der Waals surface area contributed by atoms with Gasteiger partial charge in [0, 0.05) is 6.07 Å². The fourth-order valence-electron chi connectivity index (χ4n) is 2.74. The van der Waals surface area contributed by atoms with Gasteiger partial charge in [-0.1, -0.05) is 17.7 Å². The van der Waals surface area contributed by atoms with Crippen molar-refractivity contribution in [3.63, 3.8) is 0 Å². The van der Waals surface area contributed by atoms with Crippen LogP contribution in [0.4, 0.5) is 8.78 Å². The van der Waals surface area contributed by atoms with Crippen LogP contribution in [-0.2, 0) is 4.74 Å². The van der Waals surface area contributed by atoms with Crippen LogP contribution in [0.5, 0.6) is 5.75 Å². The van der Waals surface area contributed by atoms with Gasteiger partial charge in [-0.3, -0.25) is 0 Å². The second-order valence-electron chi connectivity index (χ2n) is 6.83. The molecule has 9 nitrogen and oxygen atoms in total. The van der Waals surface area contributed by atoms with Gasteiger partial charge in [0.15, 0.2) is 5.76 Å². The predicted octanol–water partition coefficient (Wildman–Crippen LogP) is 4.74. The molecule has 0 saturated carbocycles. The topological polar surface area (TPSA) is 113 Å². The van der Waals surface area contributed by atoms with Crippen LogP contribution in [0.15, 0.2) is 55.1 Å². The van der Waals surface area contributed by atoms with Gasteiger partial charge in [-0.25, -0.2) is 18.4 Å².